The number of fused-ring (bicyclic) bond motifs is 34. The summed E-state index contributed by atoms with van der Waals surface area (Å²) in [6.45, 7) is 0. The third kappa shape index (κ3) is 8.45. The van der Waals surface area contributed by atoms with E-state index < -0.39 is 10.8 Å². The van der Waals surface area contributed by atoms with E-state index in [4.69, 9.17) is 24.9 Å². The Kier molecular flexibility index (Phi) is 13.1. The van der Waals surface area contributed by atoms with Crippen LogP contribution in [0, 0.1) is 0 Å². The predicted octanol–water partition coefficient (Wildman–Crippen LogP) is 25.9. The van der Waals surface area contributed by atoms with E-state index in [0.29, 0.717) is 23.4 Å². The van der Waals surface area contributed by atoms with Crippen LogP contribution < -0.4 is 0 Å². The molecule has 17 aromatic carbocycles. The molecule has 0 atom stereocenters. The SMILES string of the molecule is c1ccc(-c2cc(-c3ccc(-c4ccc5c6c(c7c(c5c4)c4ccccc4n7-c4cccc(-c5nc(-c7ccccc7)nc(-c7ccccc7)n5)c4)C4(c5ccccc5-c5ccccc54)c4ccccc4-6)cc3)nc(-n3c4ccccc4c4c5ccccc5c5c(c43)C3(c4ccccc4-c4ccccc43)c3ccccc3-5)n2)cc1. The van der Waals surface area contributed by atoms with Crippen LogP contribution in [-0.4, -0.2) is 34.1 Å². The van der Waals surface area contributed by atoms with Crippen molar-refractivity contribution in [1.29, 1.82) is 0 Å². The molecule has 0 unspecified atom stereocenters. The number of benzene rings is 17. The summed E-state index contributed by atoms with van der Waals surface area (Å²) in [4.78, 5) is 27.3. The number of hydrogen-bond acceptors (Lipinski definition) is 5. The van der Waals surface area contributed by atoms with Gasteiger partial charge in [0, 0.05) is 66.2 Å². The lowest BCUT2D eigenvalue weighted by Gasteiger charge is -2.32. The third-order valence-corrected chi connectivity index (χ3v) is 25.2. The van der Waals surface area contributed by atoms with Crippen LogP contribution in [0.25, 0.3) is 189 Å². The van der Waals surface area contributed by atoms with Crippen molar-refractivity contribution < 1.29 is 0 Å². The monoisotopic (exact) mass is 1450 g/mol. The van der Waals surface area contributed by atoms with Gasteiger partial charge in [0.2, 0.25) is 5.95 Å². The topological polar surface area (TPSA) is 74.3 Å². The summed E-state index contributed by atoms with van der Waals surface area (Å²) in [7, 11) is 0. The van der Waals surface area contributed by atoms with E-state index in [1.807, 2.05) is 36.4 Å². The van der Waals surface area contributed by atoms with Crippen LogP contribution >= 0.6 is 0 Å². The van der Waals surface area contributed by atoms with E-state index in [2.05, 4.69) is 355 Å². The van der Waals surface area contributed by atoms with Crippen LogP contribution in [0.3, 0.4) is 0 Å². The molecule has 7 heteroatoms. The minimum Gasteiger partial charge on any atom is -0.309 e. The average molecular weight is 1450 g/mol. The highest BCUT2D eigenvalue weighted by molar-refractivity contribution is 6.30. The number of aromatic nitrogens is 7. The van der Waals surface area contributed by atoms with E-state index in [-0.39, 0.29) is 0 Å². The second-order valence-electron chi connectivity index (χ2n) is 30.7. The Labute approximate surface area is 656 Å². The van der Waals surface area contributed by atoms with Gasteiger partial charge in [-0.25, -0.2) is 24.9 Å². The molecule has 0 bridgehead atoms. The molecular weight excluding hydrogens is 1380 g/mol. The molecule has 0 aliphatic heterocycles. The highest BCUT2D eigenvalue weighted by Crippen LogP contribution is 2.68. The van der Waals surface area contributed by atoms with Crippen LogP contribution in [0.2, 0.25) is 0 Å². The summed E-state index contributed by atoms with van der Waals surface area (Å²) in [5.41, 5.74) is 32.9. The Hall–Kier alpha value is -15.1. The van der Waals surface area contributed by atoms with E-state index in [1.165, 1.54) is 121 Å². The Morgan fingerprint density at radius 3 is 1.07 bits per heavy atom. The Morgan fingerprint density at radius 2 is 0.561 bits per heavy atom. The minimum absolute atomic E-state index is 0.595. The van der Waals surface area contributed by atoms with Crippen molar-refractivity contribution in [2.24, 2.45) is 0 Å². The van der Waals surface area contributed by atoms with Gasteiger partial charge >= 0.3 is 0 Å². The first-order valence-corrected chi connectivity index (χ1v) is 39.2. The number of para-hydroxylation sites is 2. The van der Waals surface area contributed by atoms with Crippen LogP contribution in [0.15, 0.2) is 382 Å². The lowest BCUT2D eigenvalue weighted by Crippen LogP contribution is -2.26. The largest absolute Gasteiger partial charge is 0.309 e. The fraction of sp³-hybridized carbons (Fsp3) is 0.0187. The van der Waals surface area contributed by atoms with Crippen molar-refractivity contribution in [2.75, 3.05) is 0 Å². The number of nitrogens with zero attached hydrogens (tertiary/aromatic N) is 7. The van der Waals surface area contributed by atoms with Gasteiger partial charge in [-0.05, 0) is 147 Å². The molecule has 4 aliphatic carbocycles. The molecule has 4 aromatic heterocycles. The highest BCUT2D eigenvalue weighted by atomic mass is 15.2. The maximum absolute atomic E-state index is 5.87. The molecule has 2 spiro atoms. The Morgan fingerprint density at radius 1 is 0.211 bits per heavy atom. The predicted molar refractivity (Wildman–Crippen MR) is 464 cm³/mol. The molecule has 0 saturated carbocycles. The fourth-order valence-corrected chi connectivity index (χ4v) is 20.7. The van der Waals surface area contributed by atoms with Crippen LogP contribution in [0.5, 0.6) is 0 Å². The summed E-state index contributed by atoms with van der Waals surface area (Å²) in [5.74, 6) is 2.43. The van der Waals surface area contributed by atoms with Crippen LogP contribution in [0.4, 0.5) is 0 Å². The molecule has 21 aromatic rings. The highest BCUT2D eigenvalue weighted by Gasteiger charge is 2.56. The molecule has 4 aliphatic rings. The van der Waals surface area contributed by atoms with Gasteiger partial charge < -0.3 is 4.57 Å². The maximum atomic E-state index is 5.87. The van der Waals surface area contributed by atoms with E-state index >= 15 is 0 Å². The number of rotatable bonds is 8. The minimum atomic E-state index is -0.688. The van der Waals surface area contributed by atoms with Gasteiger partial charge in [0.1, 0.15) is 0 Å². The zero-order valence-electron chi connectivity index (χ0n) is 61.5. The molecule has 25 rings (SSSR count). The summed E-state index contributed by atoms with van der Waals surface area (Å²) >= 11 is 0. The average Bonchev–Trinajstić information content (AvgIpc) is 1.49. The maximum Gasteiger partial charge on any atom is 0.235 e. The van der Waals surface area contributed by atoms with E-state index in [0.717, 1.165) is 88.9 Å². The summed E-state index contributed by atoms with van der Waals surface area (Å²) in [6.07, 6.45) is 0. The molecule has 114 heavy (non-hydrogen) atoms. The van der Waals surface area contributed by atoms with Crippen molar-refractivity contribution in [3.63, 3.8) is 0 Å². The van der Waals surface area contributed by atoms with E-state index in [9.17, 15) is 0 Å². The molecule has 526 valence electrons. The standard InChI is InChI=1S/C107H63N7/c1-4-29-65(30-5-1)90-63-91(109-105(108-90)114-93-54-27-19-46-82(93)96-77-42-11-10-41-76(77)94-79-43-16-24-51-88(79)107(99(94)101(96)114)86-49-22-14-39-74(86)75-40-15-23-50-87(75)107)66-57-55-64(56-58-66)69-59-60-78-83(62-69)97-81-45-18-26-53-92(81)113(71-36-28-35-70(61-71)104-111-102(67-31-6-2-7-32-67)110-103(112-104)68-33-8-3-9-34-68)100(97)98-95(78)80-44-17-25-52-89(80)106(98)84-47-20-12-37-72(84)73-38-13-21-48-85(73)106/h1-63H. The van der Waals surface area contributed by atoms with Crippen molar-refractivity contribution in [3.05, 3.63) is 427 Å². The first-order valence-electron chi connectivity index (χ1n) is 39.2. The first-order chi connectivity index (χ1) is 56.6. The quantitative estimate of drug-likeness (QED) is 0.152. The van der Waals surface area contributed by atoms with Crippen LogP contribution in [0.1, 0.15) is 44.5 Å². The molecule has 0 amide bonds. The normalized spacial score (nSPS) is 13.4. The zero-order chi connectivity index (χ0) is 74.5. The summed E-state index contributed by atoms with van der Waals surface area (Å²) in [5, 5.41) is 9.50. The van der Waals surface area contributed by atoms with Gasteiger partial charge in [-0.2, -0.15) is 0 Å². The summed E-state index contributed by atoms with van der Waals surface area (Å²) in [6, 6.07) is 140. The third-order valence-electron chi connectivity index (χ3n) is 25.2. The molecular formula is C107H63N7. The van der Waals surface area contributed by atoms with Gasteiger partial charge in [-0.15, -0.1) is 0 Å². The molecule has 0 radical (unpaired) electrons. The van der Waals surface area contributed by atoms with Crippen molar-refractivity contribution >= 4 is 65.2 Å². The summed E-state index contributed by atoms with van der Waals surface area (Å²) < 4.78 is 4.97. The first kappa shape index (κ1) is 62.8. The molecule has 0 N–H and O–H groups in total. The van der Waals surface area contributed by atoms with E-state index in [1.54, 1.807) is 0 Å². The molecule has 4 heterocycles. The fourth-order valence-electron chi connectivity index (χ4n) is 20.7. The second kappa shape index (κ2) is 23.7. The van der Waals surface area contributed by atoms with Crippen molar-refractivity contribution in [2.45, 2.75) is 10.8 Å². The van der Waals surface area contributed by atoms with Gasteiger partial charge in [0.15, 0.2) is 17.5 Å². The second-order valence-corrected chi connectivity index (χ2v) is 30.7. The smallest absolute Gasteiger partial charge is 0.235 e. The Bertz CT molecular complexity index is 7580. The van der Waals surface area contributed by atoms with Crippen molar-refractivity contribution in [3.8, 4) is 124 Å². The van der Waals surface area contributed by atoms with Gasteiger partial charge in [-0.1, -0.05) is 346 Å². The zero-order valence-corrected chi connectivity index (χ0v) is 61.5. The van der Waals surface area contributed by atoms with Gasteiger partial charge in [0.05, 0.1) is 44.3 Å². The molecule has 0 fully saturated rings. The van der Waals surface area contributed by atoms with Gasteiger partial charge in [0.25, 0.3) is 0 Å². The van der Waals surface area contributed by atoms with Gasteiger partial charge in [-0.3, -0.25) is 4.57 Å². The lowest BCUT2D eigenvalue weighted by molar-refractivity contribution is 0.796. The number of hydrogen-bond donors (Lipinski definition) is 0. The molecule has 0 saturated heterocycles. The lowest BCUT2D eigenvalue weighted by atomic mass is 9.69. The Balaban J connectivity index is 0.711. The van der Waals surface area contributed by atoms with Crippen LogP contribution in [-0.2, 0) is 10.8 Å². The molecule has 7 nitrogen and oxygen atoms in total. The van der Waals surface area contributed by atoms with Crippen molar-refractivity contribution in [1.82, 2.24) is 34.1 Å².